The fourth-order valence-corrected chi connectivity index (χ4v) is 3.97. The van der Waals surface area contributed by atoms with E-state index in [0.717, 1.165) is 0 Å². The van der Waals surface area contributed by atoms with Crippen molar-refractivity contribution >= 4 is 48.9 Å². The summed E-state index contributed by atoms with van der Waals surface area (Å²) in [5.74, 6) is 0. The molecule has 0 aliphatic rings. The fourth-order valence-electron chi connectivity index (χ4n) is 1.75. The molecule has 0 heterocycles. The van der Waals surface area contributed by atoms with Crippen LogP contribution in [0, 0.1) is 6.92 Å². The molecule has 0 spiro atoms. The monoisotopic (exact) mass is 374 g/mol. The van der Waals surface area contributed by atoms with Gasteiger partial charge in [0, 0.05) is 15.2 Å². The Morgan fingerprint density at radius 1 is 1.20 bits per heavy atom. The summed E-state index contributed by atoms with van der Waals surface area (Å²) < 4.78 is 27.8. The third-order valence-electron chi connectivity index (χ3n) is 2.66. The second kappa shape index (κ2) is 5.63. The van der Waals surface area contributed by atoms with Crippen LogP contribution in [0.2, 0.25) is 5.02 Å². The summed E-state index contributed by atoms with van der Waals surface area (Å²) in [7, 11) is -3.67. The Hall–Kier alpha value is -1.24. The van der Waals surface area contributed by atoms with Gasteiger partial charge in [-0.2, -0.15) is 0 Å². The van der Waals surface area contributed by atoms with Gasteiger partial charge < -0.3 is 5.73 Å². The zero-order valence-corrected chi connectivity index (χ0v) is 13.7. The van der Waals surface area contributed by atoms with Gasteiger partial charge in [0.25, 0.3) is 10.0 Å². The van der Waals surface area contributed by atoms with Crippen LogP contribution in [0.5, 0.6) is 0 Å². The molecule has 3 N–H and O–H groups in total. The number of nitrogens with one attached hydrogen (secondary N) is 1. The molecule has 0 saturated carbocycles. The van der Waals surface area contributed by atoms with E-state index in [4.69, 9.17) is 17.3 Å². The topological polar surface area (TPSA) is 72.2 Å². The first-order chi connectivity index (χ1) is 9.29. The van der Waals surface area contributed by atoms with Crippen LogP contribution >= 0.6 is 27.5 Å². The van der Waals surface area contributed by atoms with Crippen LogP contribution in [0.15, 0.2) is 45.8 Å². The Morgan fingerprint density at radius 3 is 2.50 bits per heavy atom. The van der Waals surface area contributed by atoms with Gasteiger partial charge in [-0.15, -0.1) is 0 Å². The van der Waals surface area contributed by atoms with E-state index in [9.17, 15) is 8.42 Å². The van der Waals surface area contributed by atoms with E-state index in [1.165, 1.54) is 6.07 Å². The normalized spacial score (nSPS) is 11.3. The zero-order chi connectivity index (χ0) is 14.9. The number of halogens is 2. The Labute approximate surface area is 131 Å². The predicted octanol–water partition coefficient (Wildman–Crippen LogP) is 3.79. The standard InChI is InChI=1S/C13H12BrClN2O2S/c1-8-6-10(16)3-5-13(8)20(18,19)17-12-4-2-9(15)7-11(12)14/h2-7,17H,16H2,1H3. The van der Waals surface area contributed by atoms with Crippen LogP contribution in [0.3, 0.4) is 0 Å². The molecule has 0 bridgehead atoms. The highest BCUT2D eigenvalue weighted by atomic mass is 79.9. The molecule has 0 amide bonds. The molecule has 4 nitrogen and oxygen atoms in total. The molecular formula is C13H12BrClN2O2S. The molecule has 0 saturated heterocycles. The van der Waals surface area contributed by atoms with E-state index in [-0.39, 0.29) is 4.90 Å². The van der Waals surface area contributed by atoms with Crippen LogP contribution in [0.1, 0.15) is 5.56 Å². The summed E-state index contributed by atoms with van der Waals surface area (Å²) in [4.78, 5) is 0.188. The van der Waals surface area contributed by atoms with E-state index in [1.54, 1.807) is 37.3 Å². The third kappa shape index (κ3) is 3.26. The Kier molecular flexibility index (Phi) is 4.27. The van der Waals surface area contributed by atoms with Gasteiger partial charge in [-0.1, -0.05) is 11.6 Å². The average molecular weight is 376 g/mol. The minimum atomic E-state index is -3.67. The highest BCUT2D eigenvalue weighted by Crippen LogP contribution is 2.29. The lowest BCUT2D eigenvalue weighted by Gasteiger charge is -2.12. The minimum absolute atomic E-state index is 0.188. The molecule has 7 heteroatoms. The second-order valence-corrected chi connectivity index (χ2v) is 7.20. The first-order valence-corrected chi connectivity index (χ1v) is 8.29. The maximum atomic E-state index is 12.4. The lowest BCUT2D eigenvalue weighted by Crippen LogP contribution is -2.14. The maximum Gasteiger partial charge on any atom is 0.262 e. The first-order valence-electron chi connectivity index (χ1n) is 5.63. The highest BCUT2D eigenvalue weighted by Gasteiger charge is 2.18. The van der Waals surface area contributed by atoms with Gasteiger partial charge >= 0.3 is 0 Å². The van der Waals surface area contributed by atoms with Crippen molar-refractivity contribution in [2.24, 2.45) is 0 Å². The molecule has 0 fully saturated rings. The number of rotatable bonds is 3. The predicted molar refractivity (Wildman–Crippen MR) is 85.6 cm³/mol. The Bertz CT molecular complexity index is 763. The third-order valence-corrected chi connectivity index (χ3v) is 5.08. The van der Waals surface area contributed by atoms with Crippen LogP contribution in [-0.4, -0.2) is 8.42 Å². The lowest BCUT2D eigenvalue weighted by molar-refractivity contribution is 0.600. The number of hydrogen-bond acceptors (Lipinski definition) is 3. The average Bonchev–Trinajstić information content (AvgIpc) is 2.32. The van der Waals surface area contributed by atoms with Crippen LogP contribution in [0.25, 0.3) is 0 Å². The summed E-state index contributed by atoms with van der Waals surface area (Å²) in [5.41, 5.74) is 7.16. The number of sulfonamides is 1. The van der Waals surface area contributed by atoms with Crippen molar-refractivity contribution in [1.82, 2.24) is 0 Å². The molecule has 0 aliphatic heterocycles. The van der Waals surface area contributed by atoms with Gasteiger partial charge in [-0.25, -0.2) is 8.42 Å². The molecule has 0 atom stereocenters. The summed E-state index contributed by atoms with van der Waals surface area (Å²) in [6.07, 6.45) is 0. The molecule has 106 valence electrons. The quantitative estimate of drug-likeness (QED) is 0.802. The number of benzene rings is 2. The molecule has 2 aromatic rings. The highest BCUT2D eigenvalue weighted by molar-refractivity contribution is 9.10. The number of hydrogen-bond donors (Lipinski definition) is 2. The van der Waals surface area contributed by atoms with Gasteiger partial charge in [-0.05, 0) is 64.8 Å². The Morgan fingerprint density at radius 2 is 1.90 bits per heavy atom. The number of anilines is 2. The molecule has 0 unspecified atom stereocenters. The molecule has 0 aromatic heterocycles. The fraction of sp³-hybridized carbons (Fsp3) is 0.0769. The van der Waals surface area contributed by atoms with E-state index < -0.39 is 10.0 Å². The van der Waals surface area contributed by atoms with Crippen molar-refractivity contribution in [2.75, 3.05) is 10.5 Å². The van der Waals surface area contributed by atoms with Gasteiger partial charge in [0.2, 0.25) is 0 Å². The zero-order valence-electron chi connectivity index (χ0n) is 10.5. The number of nitrogen functional groups attached to an aromatic ring is 1. The molecule has 2 aromatic carbocycles. The molecule has 0 radical (unpaired) electrons. The van der Waals surface area contributed by atoms with E-state index in [2.05, 4.69) is 20.7 Å². The summed E-state index contributed by atoms with van der Waals surface area (Å²) in [5, 5.41) is 0.517. The van der Waals surface area contributed by atoms with Gasteiger partial charge in [0.1, 0.15) is 0 Å². The maximum absolute atomic E-state index is 12.4. The molecule has 2 rings (SSSR count). The first kappa shape index (κ1) is 15.2. The van der Waals surface area contributed by atoms with Crippen LogP contribution in [-0.2, 0) is 10.0 Å². The van der Waals surface area contributed by atoms with E-state index in [1.807, 2.05) is 0 Å². The smallest absolute Gasteiger partial charge is 0.262 e. The van der Waals surface area contributed by atoms with Crippen molar-refractivity contribution in [3.63, 3.8) is 0 Å². The van der Waals surface area contributed by atoms with Crippen molar-refractivity contribution in [1.29, 1.82) is 0 Å². The van der Waals surface area contributed by atoms with Crippen LogP contribution < -0.4 is 10.5 Å². The van der Waals surface area contributed by atoms with Crippen molar-refractivity contribution in [3.8, 4) is 0 Å². The molecule has 0 aliphatic carbocycles. The molecular weight excluding hydrogens is 364 g/mol. The SMILES string of the molecule is Cc1cc(N)ccc1S(=O)(=O)Nc1ccc(Cl)cc1Br. The lowest BCUT2D eigenvalue weighted by atomic mass is 10.2. The summed E-state index contributed by atoms with van der Waals surface area (Å²) in [6, 6.07) is 9.48. The summed E-state index contributed by atoms with van der Waals surface area (Å²) >= 11 is 9.10. The van der Waals surface area contributed by atoms with Crippen molar-refractivity contribution in [3.05, 3.63) is 51.5 Å². The van der Waals surface area contributed by atoms with Crippen LogP contribution in [0.4, 0.5) is 11.4 Å². The second-order valence-electron chi connectivity index (χ2n) is 4.25. The van der Waals surface area contributed by atoms with Gasteiger partial charge in [0.05, 0.1) is 10.6 Å². The summed E-state index contributed by atoms with van der Waals surface area (Å²) in [6.45, 7) is 1.70. The molecule has 20 heavy (non-hydrogen) atoms. The van der Waals surface area contributed by atoms with Crippen molar-refractivity contribution < 1.29 is 8.42 Å². The number of aryl methyl sites for hydroxylation is 1. The van der Waals surface area contributed by atoms with Crippen molar-refractivity contribution in [2.45, 2.75) is 11.8 Å². The van der Waals surface area contributed by atoms with E-state index >= 15 is 0 Å². The largest absolute Gasteiger partial charge is 0.399 e. The van der Waals surface area contributed by atoms with E-state index in [0.29, 0.717) is 26.4 Å². The Balaban J connectivity index is 2.41. The number of nitrogens with two attached hydrogens (primary N) is 1. The van der Waals surface area contributed by atoms with Gasteiger partial charge in [0.15, 0.2) is 0 Å². The minimum Gasteiger partial charge on any atom is -0.399 e. The van der Waals surface area contributed by atoms with Gasteiger partial charge in [-0.3, -0.25) is 4.72 Å².